The molecule has 0 N–H and O–H groups in total. The van der Waals surface area contributed by atoms with Crippen LogP contribution in [0.4, 0.5) is 4.39 Å². The second-order valence-corrected chi connectivity index (χ2v) is 3.40. The SMILES string of the molecule is COc1cc(Cl)cc(CC(C)=O)c1F. The van der Waals surface area contributed by atoms with Crippen molar-refractivity contribution in [3.63, 3.8) is 0 Å². The van der Waals surface area contributed by atoms with E-state index in [2.05, 4.69) is 0 Å². The summed E-state index contributed by atoms with van der Waals surface area (Å²) in [5, 5.41) is 0.361. The molecule has 1 rings (SSSR count). The standard InChI is InChI=1S/C10H10ClFO2/c1-6(13)3-7-4-8(11)5-9(14-2)10(7)12/h4-5H,3H2,1-2H3. The largest absolute Gasteiger partial charge is 0.494 e. The molecular weight excluding hydrogens is 207 g/mol. The van der Waals surface area contributed by atoms with Crippen LogP contribution >= 0.6 is 11.6 Å². The molecule has 0 bridgehead atoms. The minimum atomic E-state index is -0.521. The van der Waals surface area contributed by atoms with Gasteiger partial charge in [0.15, 0.2) is 11.6 Å². The Balaban J connectivity index is 3.15. The summed E-state index contributed by atoms with van der Waals surface area (Å²) in [6.45, 7) is 1.40. The minimum Gasteiger partial charge on any atom is -0.494 e. The van der Waals surface area contributed by atoms with Gasteiger partial charge in [-0.05, 0) is 13.0 Å². The van der Waals surface area contributed by atoms with E-state index in [1.165, 1.54) is 26.2 Å². The lowest BCUT2D eigenvalue weighted by Crippen LogP contribution is -2.01. The first kappa shape index (κ1) is 11.0. The summed E-state index contributed by atoms with van der Waals surface area (Å²) in [7, 11) is 1.35. The fraction of sp³-hybridized carbons (Fsp3) is 0.300. The fourth-order valence-corrected chi connectivity index (χ4v) is 1.39. The third-order valence-corrected chi connectivity index (χ3v) is 1.96. The number of methoxy groups -OCH3 is 1. The predicted molar refractivity (Wildman–Crippen MR) is 52.3 cm³/mol. The van der Waals surface area contributed by atoms with Crippen LogP contribution in [-0.2, 0) is 11.2 Å². The van der Waals surface area contributed by atoms with Crippen molar-refractivity contribution in [3.05, 3.63) is 28.5 Å². The molecule has 0 aliphatic rings. The number of ether oxygens (including phenoxy) is 1. The summed E-state index contributed by atoms with van der Waals surface area (Å²) < 4.78 is 18.3. The quantitative estimate of drug-likeness (QED) is 0.777. The third kappa shape index (κ3) is 2.45. The van der Waals surface area contributed by atoms with Gasteiger partial charge in [-0.1, -0.05) is 11.6 Å². The van der Waals surface area contributed by atoms with E-state index in [9.17, 15) is 9.18 Å². The highest BCUT2D eigenvalue weighted by molar-refractivity contribution is 6.30. The third-order valence-electron chi connectivity index (χ3n) is 1.74. The van der Waals surface area contributed by atoms with Crippen LogP contribution in [0, 0.1) is 5.82 Å². The Morgan fingerprint density at radius 2 is 2.21 bits per heavy atom. The molecule has 0 saturated carbocycles. The Morgan fingerprint density at radius 1 is 1.57 bits per heavy atom. The molecular formula is C10H10ClFO2. The van der Waals surface area contributed by atoms with Crippen molar-refractivity contribution in [2.45, 2.75) is 13.3 Å². The average Bonchev–Trinajstić information content (AvgIpc) is 2.09. The van der Waals surface area contributed by atoms with Crippen LogP contribution in [0.1, 0.15) is 12.5 Å². The lowest BCUT2D eigenvalue weighted by atomic mass is 10.1. The fourth-order valence-electron chi connectivity index (χ4n) is 1.16. The van der Waals surface area contributed by atoms with Gasteiger partial charge in [-0.15, -0.1) is 0 Å². The molecule has 4 heteroatoms. The van der Waals surface area contributed by atoms with E-state index in [0.29, 0.717) is 5.02 Å². The molecule has 0 fully saturated rings. The summed E-state index contributed by atoms with van der Waals surface area (Å²) in [6.07, 6.45) is 0.0305. The molecule has 0 unspecified atom stereocenters. The molecule has 0 amide bonds. The summed E-state index contributed by atoms with van der Waals surface area (Å²) in [5.41, 5.74) is 0.266. The van der Waals surface area contributed by atoms with Crippen LogP contribution < -0.4 is 4.74 Å². The highest BCUT2D eigenvalue weighted by Crippen LogP contribution is 2.26. The molecule has 1 aromatic rings. The summed E-state index contributed by atoms with van der Waals surface area (Å²) in [4.78, 5) is 10.8. The normalized spacial score (nSPS) is 10.0. The topological polar surface area (TPSA) is 26.3 Å². The maximum atomic E-state index is 13.5. The first-order chi connectivity index (χ1) is 6.54. The van der Waals surface area contributed by atoms with E-state index < -0.39 is 5.82 Å². The van der Waals surface area contributed by atoms with E-state index in [0.717, 1.165) is 0 Å². The zero-order chi connectivity index (χ0) is 10.7. The van der Waals surface area contributed by atoms with Crippen molar-refractivity contribution in [3.8, 4) is 5.75 Å². The van der Waals surface area contributed by atoms with Crippen LogP contribution in [0.25, 0.3) is 0 Å². The number of ketones is 1. The lowest BCUT2D eigenvalue weighted by Gasteiger charge is -2.06. The number of carbonyl (C=O) groups is 1. The van der Waals surface area contributed by atoms with Crippen molar-refractivity contribution in [2.75, 3.05) is 7.11 Å². The molecule has 0 radical (unpaired) electrons. The Labute approximate surface area is 86.6 Å². The minimum absolute atomic E-state index is 0.0305. The lowest BCUT2D eigenvalue weighted by molar-refractivity contribution is -0.116. The van der Waals surface area contributed by atoms with Gasteiger partial charge in [0.1, 0.15) is 5.78 Å². The summed E-state index contributed by atoms with van der Waals surface area (Å²) >= 11 is 5.73. The molecule has 0 atom stereocenters. The smallest absolute Gasteiger partial charge is 0.168 e. The van der Waals surface area contributed by atoms with Crippen molar-refractivity contribution in [1.29, 1.82) is 0 Å². The summed E-state index contributed by atoms with van der Waals surface area (Å²) in [5.74, 6) is -0.575. The number of Topliss-reactive ketones (excluding diaryl/α,β-unsaturated/α-hetero) is 1. The zero-order valence-electron chi connectivity index (χ0n) is 7.93. The van der Waals surface area contributed by atoms with Crippen LogP contribution in [0.5, 0.6) is 5.75 Å². The number of benzene rings is 1. The van der Waals surface area contributed by atoms with E-state index in [-0.39, 0.29) is 23.5 Å². The molecule has 2 nitrogen and oxygen atoms in total. The van der Waals surface area contributed by atoms with Gasteiger partial charge >= 0.3 is 0 Å². The first-order valence-electron chi connectivity index (χ1n) is 4.06. The molecule has 76 valence electrons. The Bertz CT molecular complexity index is 363. The molecule has 1 aromatic carbocycles. The number of halogens is 2. The monoisotopic (exact) mass is 216 g/mol. The van der Waals surface area contributed by atoms with E-state index >= 15 is 0 Å². The number of hydrogen-bond donors (Lipinski definition) is 0. The van der Waals surface area contributed by atoms with Gasteiger partial charge in [-0.25, -0.2) is 4.39 Å². The second-order valence-electron chi connectivity index (χ2n) is 2.96. The molecule has 14 heavy (non-hydrogen) atoms. The molecule has 0 saturated heterocycles. The van der Waals surface area contributed by atoms with Crippen LogP contribution in [0.15, 0.2) is 12.1 Å². The van der Waals surface area contributed by atoms with Gasteiger partial charge in [0.25, 0.3) is 0 Å². The maximum absolute atomic E-state index is 13.5. The number of rotatable bonds is 3. The molecule has 0 aromatic heterocycles. The van der Waals surface area contributed by atoms with Gasteiger partial charge in [0.05, 0.1) is 7.11 Å². The average molecular weight is 217 g/mol. The molecule has 0 aliphatic carbocycles. The Morgan fingerprint density at radius 3 is 2.71 bits per heavy atom. The van der Waals surface area contributed by atoms with E-state index in [1.807, 2.05) is 0 Å². The van der Waals surface area contributed by atoms with Gasteiger partial charge in [-0.2, -0.15) is 0 Å². The van der Waals surface area contributed by atoms with Crippen LogP contribution in [-0.4, -0.2) is 12.9 Å². The molecule has 0 heterocycles. The van der Waals surface area contributed by atoms with Crippen molar-refractivity contribution in [1.82, 2.24) is 0 Å². The maximum Gasteiger partial charge on any atom is 0.168 e. The van der Waals surface area contributed by atoms with Crippen molar-refractivity contribution >= 4 is 17.4 Å². The highest BCUT2D eigenvalue weighted by Gasteiger charge is 2.11. The van der Waals surface area contributed by atoms with Crippen molar-refractivity contribution in [2.24, 2.45) is 0 Å². The number of hydrogen-bond acceptors (Lipinski definition) is 2. The Hall–Kier alpha value is -1.09. The summed E-state index contributed by atoms with van der Waals surface area (Å²) in [6, 6.07) is 2.81. The first-order valence-corrected chi connectivity index (χ1v) is 4.43. The van der Waals surface area contributed by atoms with E-state index in [4.69, 9.17) is 16.3 Å². The van der Waals surface area contributed by atoms with Crippen LogP contribution in [0.3, 0.4) is 0 Å². The molecule has 0 spiro atoms. The Kier molecular flexibility index (Phi) is 3.47. The van der Waals surface area contributed by atoms with Crippen LogP contribution in [0.2, 0.25) is 5.02 Å². The van der Waals surface area contributed by atoms with Gasteiger partial charge in [0.2, 0.25) is 0 Å². The van der Waals surface area contributed by atoms with Gasteiger partial charge in [-0.3, -0.25) is 4.79 Å². The second kappa shape index (κ2) is 4.42. The van der Waals surface area contributed by atoms with Gasteiger partial charge < -0.3 is 4.74 Å². The molecule has 0 aliphatic heterocycles. The zero-order valence-corrected chi connectivity index (χ0v) is 8.69. The number of carbonyl (C=O) groups excluding carboxylic acids is 1. The van der Waals surface area contributed by atoms with E-state index in [1.54, 1.807) is 0 Å². The predicted octanol–water partition coefficient (Wildman–Crippen LogP) is 2.62. The van der Waals surface area contributed by atoms with Gasteiger partial charge in [0, 0.05) is 23.1 Å². The highest BCUT2D eigenvalue weighted by atomic mass is 35.5. The van der Waals surface area contributed by atoms with Crippen molar-refractivity contribution < 1.29 is 13.9 Å².